The molecule has 2 aliphatic heterocycles. The van der Waals surface area contributed by atoms with Crippen molar-refractivity contribution in [2.75, 3.05) is 65.4 Å². The van der Waals surface area contributed by atoms with Gasteiger partial charge >= 0.3 is 0 Å². The summed E-state index contributed by atoms with van der Waals surface area (Å²) in [4.78, 5) is 32.6. The molecule has 0 bridgehead atoms. The zero-order valence-corrected chi connectivity index (χ0v) is 20.2. The summed E-state index contributed by atoms with van der Waals surface area (Å²) in [7, 11) is 5.28. The van der Waals surface area contributed by atoms with E-state index in [1.54, 1.807) is 37.3 Å². The third kappa shape index (κ3) is 5.51. The number of amides is 2. The number of carbonyl (C=O) groups is 2. The normalized spacial score (nSPS) is 20.3. The molecule has 2 unspecified atom stereocenters. The molecule has 8 nitrogen and oxygen atoms in total. The fourth-order valence-corrected chi connectivity index (χ4v) is 4.62. The fourth-order valence-electron chi connectivity index (χ4n) is 4.62. The molecule has 8 heteroatoms. The van der Waals surface area contributed by atoms with Gasteiger partial charge in [0.15, 0.2) is 0 Å². The van der Waals surface area contributed by atoms with Crippen molar-refractivity contribution in [3.8, 4) is 11.5 Å². The molecule has 0 radical (unpaired) electrons. The summed E-state index contributed by atoms with van der Waals surface area (Å²) in [5.41, 5.74) is 1.70. The molecule has 34 heavy (non-hydrogen) atoms. The molecule has 0 spiro atoms. The van der Waals surface area contributed by atoms with Crippen molar-refractivity contribution in [2.24, 2.45) is 5.92 Å². The lowest BCUT2D eigenvalue weighted by atomic mass is 10.0. The maximum Gasteiger partial charge on any atom is 0.227 e. The number of rotatable bonds is 8. The van der Waals surface area contributed by atoms with Gasteiger partial charge in [0.1, 0.15) is 11.5 Å². The topological polar surface area (TPSA) is 74.4 Å². The number of carbonyl (C=O) groups excluding carboxylic acids is 2. The van der Waals surface area contributed by atoms with E-state index < -0.39 is 5.92 Å². The number of nitrogens with one attached hydrogen (secondary N) is 1. The van der Waals surface area contributed by atoms with E-state index in [0.717, 1.165) is 38.3 Å². The molecule has 2 fully saturated rings. The van der Waals surface area contributed by atoms with Gasteiger partial charge in [-0.2, -0.15) is 0 Å². The monoisotopic (exact) mass is 466 g/mol. The van der Waals surface area contributed by atoms with Crippen LogP contribution in [0.4, 0.5) is 5.69 Å². The van der Waals surface area contributed by atoms with E-state index in [1.165, 1.54) is 0 Å². The molecule has 2 aliphatic rings. The third-order valence-corrected chi connectivity index (χ3v) is 6.73. The van der Waals surface area contributed by atoms with Crippen LogP contribution in [0.25, 0.3) is 0 Å². The molecule has 2 atom stereocenters. The number of nitrogens with zero attached hydrogens (tertiary/aromatic N) is 3. The number of methoxy groups -OCH3 is 2. The molecule has 1 N–H and O–H groups in total. The first-order valence-electron chi connectivity index (χ1n) is 11.8. The van der Waals surface area contributed by atoms with Crippen LogP contribution >= 0.6 is 0 Å². The third-order valence-electron chi connectivity index (χ3n) is 6.73. The Hall–Kier alpha value is -3.10. The van der Waals surface area contributed by atoms with E-state index in [1.807, 2.05) is 30.3 Å². The highest BCUT2D eigenvalue weighted by Gasteiger charge is 2.37. The highest BCUT2D eigenvalue weighted by Crippen LogP contribution is 2.36. The van der Waals surface area contributed by atoms with Crippen LogP contribution in [0.1, 0.15) is 18.0 Å². The molecule has 2 heterocycles. The first-order chi connectivity index (χ1) is 16.5. The smallest absolute Gasteiger partial charge is 0.227 e. The summed E-state index contributed by atoms with van der Waals surface area (Å²) in [5.74, 6) is 0.588. The summed E-state index contributed by atoms with van der Waals surface area (Å²) in [6, 6.07) is 15.3. The highest BCUT2D eigenvalue weighted by atomic mass is 16.5. The zero-order chi connectivity index (χ0) is 24.1. The average Bonchev–Trinajstić information content (AvgIpc) is 3.26. The molecule has 182 valence electrons. The summed E-state index contributed by atoms with van der Waals surface area (Å²) in [5, 5.41) is 3.25. The Labute approximate surface area is 201 Å². The second-order valence-electron chi connectivity index (χ2n) is 9.02. The van der Waals surface area contributed by atoms with E-state index in [4.69, 9.17) is 9.47 Å². The van der Waals surface area contributed by atoms with Gasteiger partial charge < -0.3 is 24.6 Å². The number of hydrogen-bond donors (Lipinski definition) is 1. The van der Waals surface area contributed by atoms with Crippen molar-refractivity contribution in [2.45, 2.75) is 12.5 Å². The van der Waals surface area contributed by atoms with Crippen LogP contribution in [-0.4, -0.2) is 82.1 Å². The largest absolute Gasteiger partial charge is 0.497 e. The van der Waals surface area contributed by atoms with Gasteiger partial charge in [-0.1, -0.05) is 30.3 Å². The van der Waals surface area contributed by atoms with Gasteiger partial charge in [0.2, 0.25) is 11.8 Å². The van der Waals surface area contributed by atoms with Crippen molar-refractivity contribution in [1.82, 2.24) is 15.1 Å². The van der Waals surface area contributed by atoms with Crippen molar-refractivity contribution < 1.29 is 19.1 Å². The molecule has 0 saturated carbocycles. The van der Waals surface area contributed by atoms with Crippen LogP contribution in [0.15, 0.2) is 48.5 Å². The molecule has 0 aromatic heterocycles. The quantitative estimate of drug-likeness (QED) is 0.643. The predicted molar refractivity (Wildman–Crippen MR) is 131 cm³/mol. The van der Waals surface area contributed by atoms with E-state index in [0.29, 0.717) is 23.7 Å². The van der Waals surface area contributed by atoms with Crippen LogP contribution < -0.4 is 19.7 Å². The molecule has 2 saturated heterocycles. The van der Waals surface area contributed by atoms with E-state index in [9.17, 15) is 9.59 Å². The van der Waals surface area contributed by atoms with E-state index >= 15 is 0 Å². The number of anilines is 1. The Morgan fingerprint density at radius 1 is 1.06 bits per heavy atom. The number of piperazine rings is 1. The number of benzene rings is 2. The Morgan fingerprint density at radius 3 is 2.47 bits per heavy atom. The number of likely N-dealkylation sites (N-methyl/N-ethyl adjacent to an activating group) is 1. The minimum atomic E-state index is -0.429. The van der Waals surface area contributed by atoms with Gasteiger partial charge in [-0.25, -0.2) is 0 Å². The van der Waals surface area contributed by atoms with E-state index in [2.05, 4.69) is 22.2 Å². The van der Waals surface area contributed by atoms with Gasteiger partial charge in [-0.3, -0.25) is 14.5 Å². The van der Waals surface area contributed by atoms with E-state index in [-0.39, 0.29) is 24.3 Å². The second-order valence-corrected chi connectivity index (χ2v) is 9.02. The molecule has 4 rings (SSSR count). The van der Waals surface area contributed by atoms with Crippen LogP contribution in [0.2, 0.25) is 0 Å². The molecule has 2 aromatic rings. The first-order valence-corrected chi connectivity index (χ1v) is 11.8. The summed E-state index contributed by atoms with van der Waals surface area (Å²) in [6.07, 6.45) is 0.169. The number of ether oxygens (including phenoxy) is 2. The van der Waals surface area contributed by atoms with Gasteiger partial charge in [0.05, 0.1) is 31.9 Å². The van der Waals surface area contributed by atoms with Gasteiger partial charge in [0, 0.05) is 51.8 Å². The predicted octanol–water partition coefficient (Wildman–Crippen LogP) is 2.16. The lowest BCUT2D eigenvalue weighted by Gasteiger charge is -2.35. The lowest BCUT2D eigenvalue weighted by molar-refractivity contribution is -0.127. The summed E-state index contributed by atoms with van der Waals surface area (Å²) < 4.78 is 10.8. The SMILES string of the molecule is COc1ccc(OC)c(N2CC(C(=O)NC(CN3CCN(C)CC3)c3ccccc3)CC2=O)c1. The summed E-state index contributed by atoms with van der Waals surface area (Å²) >= 11 is 0. The maximum absolute atomic E-state index is 13.4. The van der Waals surface area contributed by atoms with Crippen LogP contribution in [-0.2, 0) is 9.59 Å². The lowest BCUT2D eigenvalue weighted by Crippen LogP contribution is -2.48. The molecular weight excluding hydrogens is 432 g/mol. The van der Waals surface area contributed by atoms with Crippen molar-refractivity contribution >= 4 is 17.5 Å². The molecule has 2 aromatic carbocycles. The Kier molecular flexibility index (Phi) is 7.70. The maximum atomic E-state index is 13.4. The minimum Gasteiger partial charge on any atom is -0.497 e. The zero-order valence-electron chi connectivity index (χ0n) is 20.2. The van der Waals surface area contributed by atoms with Gasteiger partial charge in [-0.15, -0.1) is 0 Å². The van der Waals surface area contributed by atoms with Gasteiger partial charge in [-0.05, 0) is 24.7 Å². The first kappa shape index (κ1) is 24.0. The molecular formula is C26H34N4O4. The molecule has 0 aliphatic carbocycles. The minimum absolute atomic E-state index is 0.0953. The average molecular weight is 467 g/mol. The standard InChI is InChI=1S/C26H34N4O4/c1-28-11-13-29(14-12-28)18-22(19-7-5-4-6-8-19)27-26(32)20-15-25(31)30(17-20)23-16-21(33-2)9-10-24(23)34-3/h4-10,16,20,22H,11-15,17-18H2,1-3H3,(H,27,32). The Balaban J connectivity index is 1.47. The van der Waals surface area contributed by atoms with Crippen LogP contribution in [0.3, 0.4) is 0 Å². The van der Waals surface area contributed by atoms with Crippen LogP contribution in [0, 0.1) is 5.92 Å². The van der Waals surface area contributed by atoms with Crippen LogP contribution in [0.5, 0.6) is 11.5 Å². The highest BCUT2D eigenvalue weighted by molar-refractivity contribution is 6.01. The summed E-state index contributed by atoms with van der Waals surface area (Å²) in [6.45, 7) is 5.04. The van der Waals surface area contributed by atoms with Crippen molar-refractivity contribution in [3.05, 3.63) is 54.1 Å². The Morgan fingerprint density at radius 2 is 1.79 bits per heavy atom. The van der Waals surface area contributed by atoms with Gasteiger partial charge in [0.25, 0.3) is 0 Å². The Bertz CT molecular complexity index is 992. The van der Waals surface area contributed by atoms with Crippen molar-refractivity contribution in [1.29, 1.82) is 0 Å². The fraction of sp³-hybridized carbons (Fsp3) is 0.462. The van der Waals surface area contributed by atoms with Crippen molar-refractivity contribution in [3.63, 3.8) is 0 Å². The second kappa shape index (κ2) is 10.9. The number of hydrogen-bond acceptors (Lipinski definition) is 6. The molecule has 2 amide bonds.